The molecule has 1 aliphatic heterocycles. The third kappa shape index (κ3) is 3.20. The molecule has 1 saturated heterocycles. The van der Waals surface area contributed by atoms with Gasteiger partial charge in [-0.25, -0.2) is 4.79 Å². The van der Waals surface area contributed by atoms with Crippen LogP contribution in [0, 0.1) is 0 Å². The lowest BCUT2D eigenvalue weighted by Gasteiger charge is -2.21. The van der Waals surface area contributed by atoms with E-state index in [9.17, 15) is 14.4 Å². The summed E-state index contributed by atoms with van der Waals surface area (Å²) in [6.45, 7) is 0. The van der Waals surface area contributed by atoms with E-state index in [1.54, 1.807) is 18.2 Å². The first-order valence-electron chi connectivity index (χ1n) is 9.44. The van der Waals surface area contributed by atoms with Gasteiger partial charge < -0.3 is 8.94 Å². The second-order valence-electron chi connectivity index (χ2n) is 7.06. The van der Waals surface area contributed by atoms with Crippen LogP contribution in [-0.2, 0) is 16.0 Å². The Kier molecular flexibility index (Phi) is 4.27. The monoisotopic (exact) mass is 404 g/mol. The second-order valence-corrected chi connectivity index (χ2v) is 7.06. The molecule has 0 saturated carbocycles. The van der Waals surface area contributed by atoms with Crippen molar-refractivity contribution in [1.82, 2.24) is 20.0 Å². The zero-order valence-electron chi connectivity index (χ0n) is 15.7. The van der Waals surface area contributed by atoms with Crippen molar-refractivity contribution in [2.75, 3.05) is 0 Å². The van der Waals surface area contributed by atoms with E-state index in [2.05, 4.69) is 15.5 Å². The van der Waals surface area contributed by atoms with Gasteiger partial charge in [-0.05, 0) is 24.1 Å². The maximum Gasteiger partial charge on any atom is 0.420 e. The van der Waals surface area contributed by atoms with Crippen LogP contribution in [0.25, 0.3) is 22.5 Å². The normalized spacial score (nSPS) is 16.7. The summed E-state index contributed by atoms with van der Waals surface area (Å²) in [6.07, 6.45) is 0.761. The van der Waals surface area contributed by atoms with E-state index >= 15 is 0 Å². The van der Waals surface area contributed by atoms with Gasteiger partial charge >= 0.3 is 5.76 Å². The number of amides is 2. The summed E-state index contributed by atoms with van der Waals surface area (Å²) in [5.74, 6) is -0.572. The van der Waals surface area contributed by atoms with E-state index in [0.29, 0.717) is 29.2 Å². The topological polar surface area (TPSA) is 120 Å². The summed E-state index contributed by atoms with van der Waals surface area (Å²) in [6, 6.07) is 13.9. The fourth-order valence-electron chi connectivity index (χ4n) is 3.62. The van der Waals surface area contributed by atoms with Crippen molar-refractivity contribution in [2.24, 2.45) is 0 Å². The second kappa shape index (κ2) is 7.11. The van der Waals surface area contributed by atoms with Gasteiger partial charge in [0.2, 0.25) is 23.5 Å². The molecule has 150 valence electrons. The minimum atomic E-state index is -0.792. The molecular weight excluding hydrogens is 388 g/mol. The number of hydrogen-bond acceptors (Lipinski definition) is 7. The Morgan fingerprint density at radius 3 is 2.73 bits per heavy atom. The molecule has 0 bridgehead atoms. The number of nitrogens with zero attached hydrogens (tertiary/aromatic N) is 3. The van der Waals surface area contributed by atoms with Gasteiger partial charge in [0.25, 0.3) is 0 Å². The third-order valence-electron chi connectivity index (χ3n) is 5.05. The molecule has 30 heavy (non-hydrogen) atoms. The van der Waals surface area contributed by atoms with Crippen molar-refractivity contribution in [2.45, 2.75) is 25.3 Å². The number of oxazole rings is 1. The molecule has 5 rings (SSSR count). The molecule has 2 amide bonds. The number of hydrogen-bond donors (Lipinski definition) is 1. The van der Waals surface area contributed by atoms with Crippen LogP contribution >= 0.6 is 0 Å². The number of piperidine rings is 1. The number of aromatic nitrogens is 3. The van der Waals surface area contributed by atoms with Crippen molar-refractivity contribution in [3.8, 4) is 11.4 Å². The molecule has 9 heteroatoms. The third-order valence-corrected chi connectivity index (χ3v) is 5.05. The average Bonchev–Trinajstić information content (AvgIpc) is 3.33. The first kappa shape index (κ1) is 18.0. The molecule has 0 radical (unpaired) electrons. The van der Waals surface area contributed by atoms with Gasteiger partial charge in [-0.3, -0.25) is 19.5 Å². The molecule has 1 atom stereocenters. The van der Waals surface area contributed by atoms with Crippen molar-refractivity contribution in [3.63, 3.8) is 0 Å². The Morgan fingerprint density at radius 2 is 1.93 bits per heavy atom. The first-order chi connectivity index (χ1) is 14.6. The Hall–Kier alpha value is -4.01. The van der Waals surface area contributed by atoms with E-state index < -0.39 is 17.7 Å². The molecule has 9 nitrogen and oxygen atoms in total. The van der Waals surface area contributed by atoms with E-state index in [0.717, 1.165) is 11.1 Å². The number of benzene rings is 2. The van der Waals surface area contributed by atoms with Crippen LogP contribution in [0.5, 0.6) is 0 Å². The SMILES string of the molecule is O=C1CCC(n2c(=O)oc3ccc(Cc4nc(-c5ccccc5)no4)cc32)C(=O)N1. The molecule has 1 aliphatic rings. The van der Waals surface area contributed by atoms with E-state index in [1.165, 1.54) is 4.57 Å². The van der Waals surface area contributed by atoms with Crippen molar-refractivity contribution in [3.05, 3.63) is 70.5 Å². The van der Waals surface area contributed by atoms with Crippen LogP contribution in [0.15, 0.2) is 62.3 Å². The zero-order valence-corrected chi connectivity index (χ0v) is 15.7. The van der Waals surface area contributed by atoms with Crippen LogP contribution in [0.4, 0.5) is 0 Å². The summed E-state index contributed by atoms with van der Waals surface area (Å²) in [5, 5.41) is 6.28. The van der Waals surface area contributed by atoms with E-state index in [1.807, 2.05) is 30.3 Å². The van der Waals surface area contributed by atoms with Gasteiger partial charge in [0.1, 0.15) is 6.04 Å². The van der Waals surface area contributed by atoms with Crippen molar-refractivity contribution < 1.29 is 18.5 Å². The van der Waals surface area contributed by atoms with Gasteiger partial charge in [0.05, 0.1) is 11.9 Å². The molecule has 3 heterocycles. The Labute approximate surface area is 169 Å². The summed E-state index contributed by atoms with van der Waals surface area (Å²) in [4.78, 5) is 40.5. The van der Waals surface area contributed by atoms with Crippen molar-refractivity contribution in [1.29, 1.82) is 0 Å². The number of carbonyl (C=O) groups excluding carboxylic acids is 2. The molecule has 1 N–H and O–H groups in total. The van der Waals surface area contributed by atoms with Gasteiger partial charge in [0, 0.05) is 12.0 Å². The maximum atomic E-state index is 12.4. The lowest BCUT2D eigenvalue weighted by molar-refractivity contribution is -0.135. The zero-order chi connectivity index (χ0) is 20.7. The lowest BCUT2D eigenvalue weighted by atomic mass is 10.1. The van der Waals surface area contributed by atoms with E-state index in [4.69, 9.17) is 8.94 Å². The molecule has 0 spiro atoms. The summed E-state index contributed by atoms with van der Waals surface area (Å²) in [7, 11) is 0. The van der Waals surface area contributed by atoms with Crippen LogP contribution in [-0.4, -0.2) is 26.5 Å². The fraction of sp³-hybridized carbons (Fsp3) is 0.190. The highest BCUT2D eigenvalue weighted by Crippen LogP contribution is 2.25. The molecule has 1 fully saturated rings. The standard InChI is InChI=1S/C21H16N4O5/c26-17-9-7-14(20(27)22-17)25-15-10-12(6-8-16(15)29-21(25)28)11-18-23-19(24-30-18)13-4-2-1-3-5-13/h1-6,8,10,14H,7,9,11H2,(H,22,26,27). The van der Waals surface area contributed by atoms with E-state index in [-0.39, 0.29) is 18.7 Å². The predicted octanol–water partition coefficient (Wildman–Crippen LogP) is 2.21. The lowest BCUT2D eigenvalue weighted by Crippen LogP contribution is -2.43. The quantitative estimate of drug-likeness (QED) is 0.518. The van der Waals surface area contributed by atoms with Gasteiger partial charge in [-0.2, -0.15) is 4.98 Å². The average molecular weight is 404 g/mol. The fourth-order valence-corrected chi connectivity index (χ4v) is 3.62. The van der Waals surface area contributed by atoms with Gasteiger partial charge in [-0.15, -0.1) is 0 Å². The number of nitrogens with one attached hydrogen (secondary N) is 1. The predicted molar refractivity (Wildman–Crippen MR) is 104 cm³/mol. The Balaban J connectivity index is 1.47. The molecule has 2 aromatic carbocycles. The van der Waals surface area contributed by atoms with Crippen LogP contribution in [0.2, 0.25) is 0 Å². The van der Waals surface area contributed by atoms with Gasteiger partial charge in [-0.1, -0.05) is 41.6 Å². The summed E-state index contributed by atoms with van der Waals surface area (Å²) >= 11 is 0. The largest absolute Gasteiger partial charge is 0.420 e. The molecular formula is C21H16N4O5. The van der Waals surface area contributed by atoms with Crippen LogP contribution < -0.4 is 11.1 Å². The highest BCUT2D eigenvalue weighted by molar-refractivity contribution is 6.00. The minimum absolute atomic E-state index is 0.166. The van der Waals surface area contributed by atoms with Crippen LogP contribution in [0.1, 0.15) is 30.3 Å². The number of carbonyl (C=O) groups is 2. The highest BCUT2D eigenvalue weighted by atomic mass is 16.5. The number of imide groups is 1. The summed E-state index contributed by atoms with van der Waals surface area (Å²) < 4.78 is 11.9. The van der Waals surface area contributed by atoms with Crippen LogP contribution in [0.3, 0.4) is 0 Å². The highest BCUT2D eigenvalue weighted by Gasteiger charge is 2.31. The minimum Gasteiger partial charge on any atom is -0.408 e. The Bertz CT molecular complexity index is 1320. The summed E-state index contributed by atoms with van der Waals surface area (Å²) in [5.41, 5.74) is 2.51. The molecule has 0 aliphatic carbocycles. The molecule has 4 aromatic rings. The Morgan fingerprint density at radius 1 is 1.10 bits per heavy atom. The maximum absolute atomic E-state index is 12.4. The van der Waals surface area contributed by atoms with Gasteiger partial charge in [0.15, 0.2) is 5.58 Å². The molecule has 1 unspecified atom stereocenters. The van der Waals surface area contributed by atoms with Crippen molar-refractivity contribution >= 4 is 22.9 Å². The first-order valence-corrected chi connectivity index (χ1v) is 9.44. The number of fused-ring (bicyclic) bond motifs is 1. The molecule has 2 aromatic heterocycles. The number of rotatable bonds is 4. The smallest absolute Gasteiger partial charge is 0.408 e.